The van der Waals surface area contributed by atoms with Gasteiger partial charge in [0.1, 0.15) is 0 Å². The molecule has 37 valence electrons. The topological polar surface area (TPSA) is 79.7 Å². The molecular formula is MnO4S. The van der Waals surface area contributed by atoms with Gasteiger partial charge in [0.15, 0.2) is 0 Å². The van der Waals surface area contributed by atoms with Crippen molar-refractivity contribution < 1.29 is 35.2 Å². The van der Waals surface area contributed by atoms with Gasteiger partial charge in [0.25, 0.3) is 0 Å². The molecule has 0 aromatic rings. The third-order valence-electron chi connectivity index (χ3n) is 0. The van der Waals surface area contributed by atoms with Gasteiger partial charge in [-0.1, -0.05) is 0 Å². The Balaban J connectivity index is -0.0000000450. The van der Waals surface area contributed by atoms with Crippen molar-refractivity contribution in [3.8, 4) is 0 Å². The Morgan fingerprint density at radius 2 is 1.00 bits per heavy atom. The maximum atomic E-state index is 8.44. The van der Waals surface area contributed by atoms with E-state index in [1.54, 1.807) is 0 Å². The summed E-state index contributed by atoms with van der Waals surface area (Å²) in [4.78, 5) is 0. The Kier molecular flexibility index (Phi) is 24.5. The van der Waals surface area contributed by atoms with E-state index in [0.29, 0.717) is 0 Å². The van der Waals surface area contributed by atoms with Crippen molar-refractivity contribution in [2.45, 2.75) is 0 Å². The molecule has 0 aromatic heterocycles. The second-order valence-corrected chi connectivity index (χ2v) is 0.612. The van der Waals surface area contributed by atoms with Crippen LogP contribution in [0, 0.1) is 0 Å². The zero-order chi connectivity index (χ0) is 3.58. The third kappa shape index (κ3) is 3980. The van der Waals surface area contributed by atoms with Crippen molar-refractivity contribution >= 4 is 10.6 Å². The molecule has 0 bridgehead atoms. The minimum Gasteiger partial charge on any atom is -2.00 e. The van der Waals surface area contributed by atoms with Gasteiger partial charge in [-0.3, -0.25) is 0 Å². The molecule has 0 spiro atoms. The van der Waals surface area contributed by atoms with Crippen molar-refractivity contribution in [2.24, 2.45) is 0 Å². The van der Waals surface area contributed by atoms with Crippen LogP contribution < -0.4 is 0 Å². The Morgan fingerprint density at radius 1 is 1.00 bits per heavy atom. The zero-order valence-corrected chi connectivity index (χ0v) is 4.42. The Bertz CT molecular complexity index is 76.9. The predicted octanol–water partition coefficient (Wildman–Crippen LogP) is -1.13. The van der Waals surface area contributed by atoms with Gasteiger partial charge in [-0.05, 0) is 0 Å². The van der Waals surface area contributed by atoms with Crippen molar-refractivity contribution in [2.75, 3.05) is 0 Å². The van der Waals surface area contributed by atoms with Crippen LogP contribution in [0.2, 0.25) is 0 Å². The minimum absolute atomic E-state index is 0. The van der Waals surface area contributed by atoms with Crippen LogP contribution >= 0.6 is 0 Å². The van der Waals surface area contributed by atoms with Crippen LogP contribution in [0.3, 0.4) is 0 Å². The fraction of sp³-hybridized carbons (Fsp3) is 0. The maximum absolute atomic E-state index is 8.44. The zero-order valence-electron chi connectivity index (χ0n) is 2.42. The van der Waals surface area contributed by atoms with Crippen LogP contribution in [0.15, 0.2) is 0 Å². The first kappa shape index (κ1) is 16.5. The van der Waals surface area contributed by atoms with Crippen molar-refractivity contribution in [3.63, 3.8) is 0 Å². The van der Waals surface area contributed by atoms with E-state index in [-0.39, 0.29) is 22.5 Å². The predicted molar refractivity (Wildman–Crippen MR) is 10.4 cm³/mol. The Morgan fingerprint density at radius 3 is 1.00 bits per heavy atom. The Labute approximate surface area is 46.4 Å². The molecule has 6 heavy (non-hydrogen) atoms. The third-order valence-corrected chi connectivity index (χ3v) is 0. The molecule has 0 aromatic carbocycles. The van der Waals surface area contributed by atoms with E-state index in [2.05, 4.69) is 0 Å². The summed E-state index contributed by atoms with van der Waals surface area (Å²) >= 11 is 0. The SMILES string of the molecule is O=S(=O)=O.[Mn+2].[O-2]. The van der Waals surface area contributed by atoms with E-state index in [4.69, 9.17) is 12.6 Å². The molecule has 0 amide bonds. The van der Waals surface area contributed by atoms with E-state index in [1.165, 1.54) is 0 Å². The summed E-state index contributed by atoms with van der Waals surface area (Å²) in [6, 6.07) is 0. The quantitative estimate of drug-likeness (QED) is 0.411. The van der Waals surface area contributed by atoms with E-state index in [0.717, 1.165) is 0 Å². The first-order valence-corrected chi connectivity index (χ1v) is 1.50. The number of hydrogen-bond acceptors (Lipinski definition) is 3. The molecule has 0 saturated carbocycles. The Hall–Kier alpha value is 0.0995. The van der Waals surface area contributed by atoms with Crippen molar-refractivity contribution in [1.82, 2.24) is 0 Å². The van der Waals surface area contributed by atoms with Crippen LogP contribution in [-0.4, -0.2) is 12.6 Å². The molecule has 4 nitrogen and oxygen atoms in total. The van der Waals surface area contributed by atoms with Crippen molar-refractivity contribution in [1.29, 1.82) is 0 Å². The molecule has 0 rings (SSSR count). The summed E-state index contributed by atoms with van der Waals surface area (Å²) in [6.07, 6.45) is 0. The summed E-state index contributed by atoms with van der Waals surface area (Å²) < 4.78 is 25.3. The van der Waals surface area contributed by atoms with E-state index < -0.39 is 10.6 Å². The van der Waals surface area contributed by atoms with Crippen LogP contribution in [0.5, 0.6) is 0 Å². The summed E-state index contributed by atoms with van der Waals surface area (Å²) in [5.41, 5.74) is 0. The summed E-state index contributed by atoms with van der Waals surface area (Å²) in [6.45, 7) is 0. The summed E-state index contributed by atoms with van der Waals surface area (Å²) in [5, 5.41) is 0. The first-order chi connectivity index (χ1) is 1.73. The average Bonchev–Trinajstić information content (AvgIpc) is 0.811. The maximum Gasteiger partial charge on any atom is 2.00 e. The largest absolute Gasteiger partial charge is 2.00 e. The van der Waals surface area contributed by atoms with Crippen LogP contribution in [0.4, 0.5) is 0 Å². The van der Waals surface area contributed by atoms with Crippen LogP contribution in [0.1, 0.15) is 0 Å². The molecule has 0 N–H and O–H groups in total. The molecule has 0 atom stereocenters. The van der Waals surface area contributed by atoms with Crippen LogP contribution in [0.25, 0.3) is 0 Å². The standard InChI is InChI=1S/Mn.O3S.O/c;1-4(2)3;/q+2;;-2. The molecule has 6 heteroatoms. The van der Waals surface area contributed by atoms with Gasteiger partial charge in [-0.25, -0.2) is 0 Å². The molecule has 0 fully saturated rings. The van der Waals surface area contributed by atoms with Gasteiger partial charge < -0.3 is 5.48 Å². The van der Waals surface area contributed by atoms with E-state index >= 15 is 0 Å². The minimum atomic E-state index is -3.11. The van der Waals surface area contributed by atoms with Gasteiger partial charge in [0, 0.05) is 0 Å². The normalized spacial score (nSPS) is 4.00. The molecule has 0 unspecified atom stereocenters. The first-order valence-electron chi connectivity index (χ1n) is 0.500. The van der Waals surface area contributed by atoms with Gasteiger partial charge in [0.2, 0.25) is 0 Å². The van der Waals surface area contributed by atoms with E-state index in [1.807, 2.05) is 0 Å². The summed E-state index contributed by atoms with van der Waals surface area (Å²) in [7, 11) is -3.11. The number of rotatable bonds is 0. The molecular weight excluding hydrogens is 151 g/mol. The smallest absolute Gasteiger partial charge is 2.00 e. The molecule has 0 aliphatic rings. The molecule has 0 aliphatic carbocycles. The summed E-state index contributed by atoms with van der Waals surface area (Å²) in [5.74, 6) is 0. The molecule has 0 aliphatic heterocycles. The van der Waals surface area contributed by atoms with Gasteiger partial charge in [-0.15, -0.1) is 12.6 Å². The second-order valence-electron chi connectivity index (χ2n) is 0.204. The van der Waals surface area contributed by atoms with Gasteiger partial charge in [0.05, 0.1) is 0 Å². The van der Waals surface area contributed by atoms with Gasteiger partial charge >= 0.3 is 27.7 Å². The van der Waals surface area contributed by atoms with E-state index in [9.17, 15) is 0 Å². The fourth-order valence-corrected chi connectivity index (χ4v) is 0. The average molecular weight is 151 g/mol. The van der Waals surface area contributed by atoms with Gasteiger partial charge in [-0.2, -0.15) is 0 Å². The van der Waals surface area contributed by atoms with Crippen LogP contribution in [-0.2, 0) is 33.2 Å². The molecule has 1 radical (unpaired) electrons. The fourth-order valence-electron chi connectivity index (χ4n) is 0. The monoisotopic (exact) mass is 151 g/mol. The van der Waals surface area contributed by atoms with Crippen molar-refractivity contribution in [3.05, 3.63) is 0 Å². The number of hydrogen-bond donors (Lipinski definition) is 0. The molecule has 0 heterocycles. The second kappa shape index (κ2) is 8.92. The molecule has 0 saturated heterocycles.